The van der Waals surface area contributed by atoms with Gasteiger partial charge >= 0.3 is 0 Å². The van der Waals surface area contributed by atoms with Crippen LogP contribution in [0.5, 0.6) is 5.75 Å². The Balaban J connectivity index is 2.70. The first-order valence-electron chi connectivity index (χ1n) is 4.22. The van der Waals surface area contributed by atoms with E-state index in [4.69, 9.17) is 4.74 Å². The molecule has 1 nitrogen and oxygen atoms in total. The molecule has 4 heteroatoms. The van der Waals surface area contributed by atoms with Crippen molar-refractivity contribution in [1.29, 1.82) is 0 Å². The Morgan fingerprint density at radius 1 is 1.29 bits per heavy atom. The molecule has 0 unspecified atom stereocenters. The zero-order chi connectivity index (χ0) is 10.1. The molecule has 74 valence electrons. The van der Waals surface area contributed by atoms with E-state index in [1.807, 2.05) is 6.92 Å². The standard InChI is InChI=1S/C10H8F2OS/c1-2-13-8-4-3-6(11)9-7(12)5-14-10(8)9/h3-5H,2H2,1H3. The molecule has 0 N–H and O–H groups in total. The van der Waals surface area contributed by atoms with Crippen LogP contribution in [0.2, 0.25) is 0 Å². The van der Waals surface area contributed by atoms with Crippen LogP contribution < -0.4 is 4.74 Å². The van der Waals surface area contributed by atoms with Crippen LogP contribution in [-0.4, -0.2) is 6.61 Å². The van der Waals surface area contributed by atoms with Crippen molar-refractivity contribution in [2.24, 2.45) is 0 Å². The third-order valence-electron chi connectivity index (χ3n) is 1.89. The number of fused-ring (bicyclic) bond motifs is 1. The van der Waals surface area contributed by atoms with Crippen molar-refractivity contribution in [1.82, 2.24) is 0 Å². The van der Waals surface area contributed by atoms with Gasteiger partial charge in [-0.15, -0.1) is 11.3 Å². The van der Waals surface area contributed by atoms with Crippen molar-refractivity contribution in [2.45, 2.75) is 6.92 Å². The lowest BCUT2D eigenvalue weighted by atomic mass is 10.2. The van der Waals surface area contributed by atoms with Crippen molar-refractivity contribution in [3.8, 4) is 5.75 Å². The van der Waals surface area contributed by atoms with E-state index < -0.39 is 11.6 Å². The first-order valence-corrected chi connectivity index (χ1v) is 5.10. The Bertz CT molecular complexity index is 464. The molecule has 0 bridgehead atoms. The minimum Gasteiger partial charge on any atom is -0.492 e. The SMILES string of the molecule is CCOc1ccc(F)c2c(F)csc12. The van der Waals surface area contributed by atoms with Crippen molar-refractivity contribution >= 4 is 21.4 Å². The molecule has 0 amide bonds. The number of halogens is 2. The summed E-state index contributed by atoms with van der Waals surface area (Å²) in [5, 5.41) is 1.32. The summed E-state index contributed by atoms with van der Waals surface area (Å²) < 4.78 is 32.2. The molecule has 0 aliphatic rings. The normalized spacial score (nSPS) is 10.8. The second-order valence-corrected chi connectivity index (χ2v) is 3.65. The number of thiophene rings is 1. The molecular formula is C10H8F2OS. The Morgan fingerprint density at radius 3 is 2.79 bits per heavy atom. The fraction of sp³-hybridized carbons (Fsp3) is 0.200. The van der Waals surface area contributed by atoms with E-state index in [2.05, 4.69) is 0 Å². The van der Waals surface area contributed by atoms with Crippen LogP contribution in [0.3, 0.4) is 0 Å². The van der Waals surface area contributed by atoms with E-state index in [1.165, 1.54) is 17.5 Å². The van der Waals surface area contributed by atoms with E-state index >= 15 is 0 Å². The van der Waals surface area contributed by atoms with Gasteiger partial charge in [0.1, 0.15) is 17.4 Å². The maximum atomic E-state index is 13.2. The fourth-order valence-corrected chi connectivity index (χ4v) is 2.21. The van der Waals surface area contributed by atoms with E-state index in [0.717, 1.165) is 11.3 Å². The van der Waals surface area contributed by atoms with E-state index in [-0.39, 0.29) is 5.39 Å². The summed E-state index contributed by atoms with van der Waals surface area (Å²) in [4.78, 5) is 0. The lowest BCUT2D eigenvalue weighted by molar-refractivity contribution is 0.344. The third-order valence-corrected chi connectivity index (χ3v) is 2.86. The zero-order valence-electron chi connectivity index (χ0n) is 7.51. The summed E-state index contributed by atoms with van der Waals surface area (Å²) in [5.41, 5.74) is 0. The van der Waals surface area contributed by atoms with Gasteiger partial charge in [0.05, 0.1) is 16.7 Å². The van der Waals surface area contributed by atoms with E-state index in [9.17, 15) is 8.78 Å². The number of hydrogen-bond donors (Lipinski definition) is 0. The van der Waals surface area contributed by atoms with Gasteiger partial charge in [-0.25, -0.2) is 8.78 Å². The van der Waals surface area contributed by atoms with Gasteiger partial charge in [0, 0.05) is 5.38 Å². The lowest BCUT2D eigenvalue weighted by Crippen LogP contribution is -1.92. The molecule has 2 rings (SSSR count). The van der Waals surface area contributed by atoms with Crippen LogP contribution in [0.1, 0.15) is 6.92 Å². The minimum absolute atomic E-state index is 0.0287. The summed E-state index contributed by atoms with van der Waals surface area (Å²) in [6, 6.07) is 2.75. The second kappa shape index (κ2) is 3.53. The number of ether oxygens (including phenoxy) is 1. The maximum Gasteiger partial charge on any atom is 0.144 e. The molecule has 0 atom stereocenters. The Morgan fingerprint density at radius 2 is 2.07 bits per heavy atom. The van der Waals surface area contributed by atoms with Gasteiger partial charge in [-0.05, 0) is 19.1 Å². The average molecular weight is 214 g/mol. The van der Waals surface area contributed by atoms with Crippen molar-refractivity contribution in [2.75, 3.05) is 6.61 Å². The van der Waals surface area contributed by atoms with Crippen LogP contribution in [-0.2, 0) is 0 Å². The summed E-state index contributed by atoms with van der Waals surface area (Å²) in [5.74, 6) is -0.524. The quantitative estimate of drug-likeness (QED) is 0.742. The average Bonchev–Trinajstić information content (AvgIpc) is 2.54. The zero-order valence-corrected chi connectivity index (χ0v) is 8.33. The first-order chi connectivity index (χ1) is 6.74. The Kier molecular flexibility index (Phi) is 2.37. The Hall–Kier alpha value is -1.16. The molecular weight excluding hydrogens is 206 g/mol. The van der Waals surface area contributed by atoms with Gasteiger partial charge in [0.25, 0.3) is 0 Å². The highest BCUT2D eigenvalue weighted by Crippen LogP contribution is 2.34. The van der Waals surface area contributed by atoms with Gasteiger partial charge in [0.15, 0.2) is 0 Å². The predicted octanol–water partition coefficient (Wildman–Crippen LogP) is 3.58. The number of rotatable bonds is 2. The molecule has 1 aromatic carbocycles. The highest BCUT2D eigenvalue weighted by atomic mass is 32.1. The molecule has 0 saturated carbocycles. The number of hydrogen-bond acceptors (Lipinski definition) is 2. The topological polar surface area (TPSA) is 9.23 Å². The van der Waals surface area contributed by atoms with Crippen LogP contribution in [0.25, 0.3) is 10.1 Å². The van der Waals surface area contributed by atoms with Gasteiger partial charge in [-0.2, -0.15) is 0 Å². The molecule has 0 saturated heterocycles. The van der Waals surface area contributed by atoms with Crippen LogP contribution in [0.4, 0.5) is 8.78 Å². The van der Waals surface area contributed by atoms with Crippen molar-refractivity contribution in [3.05, 3.63) is 29.1 Å². The van der Waals surface area contributed by atoms with E-state index in [0.29, 0.717) is 17.1 Å². The lowest BCUT2D eigenvalue weighted by Gasteiger charge is -2.03. The minimum atomic E-state index is -0.540. The molecule has 0 aliphatic heterocycles. The largest absolute Gasteiger partial charge is 0.492 e. The molecule has 0 spiro atoms. The highest BCUT2D eigenvalue weighted by molar-refractivity contribution is 7.17. The van der Waals surface area contributed by atoms with Crippen molar-refractivity contribution in [3.63, 3.8) is 0 Å². The first kappa shape index (κ1) is 9.40. The van der Waals surface area contributed by atoms with E-state index in [1.54, 1.807) is 0 Å². The third kappa shape index (κ3) is 1.35. The molecule has 0 aliphatic carbocycles. The van der Waals surface area contributed by atoms with Gasteiger partial charge in [-0.3, -0.25) is 0 Å². The highest BCUT2D eigenvalue weighted by Gasteiger charge is 2.12. The van der Waals surface area contributed by atoms with Crippen LogP contribution in [0, 0.1) is 11.6 Å². The monoisotopic (exact) mass is 214 g/mol. The molecule has 1 aromatic heterocycles. The summed E-state index contributed by atoms with van der Waals surface area (Å²) >= 11 is 1.15. The number of benzene rings is 1. The van der Waals surface area contributed by atoms with Crippen molar-refractivity contribution < 1.29 is 13.5 Å². The Labute approximate surface area is 83.9 Å². The summed E-state index contributed by atoms with van der Waals surface area (Å²) in [6.07, 6.45) is 0. The molecule has 14 heavy (non-hydrogen) atoms. The fourth-order valence-electron chi connectivity index (χ4n) is 1.32. The van der Waals surface area contributed by atoms with Crippen LogP contribution >= 0.6 is 11.3 Å². The predicted molar refractivity (Wildman–Crippen MR) is 52.9 cm³/mol. The van der Waals surface area contributed by atoms with Crippen LogP contribution in [0.15, 0.2) is 17.5 Å². The molecule has 0 radical (unpaired) electrons. The summed E-state index contributed by atoms with van der Waals surface area (Å²) in [7, 11) is 0. The molecule has 1 heterocycles. The second-order valence-electron chi connectivity index (χ2n) is 2.77. The van der Waals surface area contributed by atoms with Gasteiger partial charge in [-0.1, -0.05) is 0 Å². The van der Waals surface area contributed by atoms with Gasteiger partial charge in [0.2, 0.25) is 0 Å². The van der Waals surface area contributed by atoms with Gasteiger partial charge < -0.3 is 4.74 Å². The molecule has 2 aromatic rings. The summed E-state index contributed by atoms with van der Waals surface area (Å²) in [6.45, 7) is 2.32. The maximum absolute atomic E-state index is 13.2. The smallest absolute Gasteiger partial charge is 0.144 e. The molecule has 0 fully saturated rings.